The fraction of sp³-hybridized carbons (Fsp3) is 0.417. The first-order chi connectivity index (χ1) is 7.23. The van der Waals surface area contributed by atoms with E-state index in [9.17, 15) is 5.26 Å². The number of nitriles is 1. The molecule has 0 radical (unpaired) electrons. The van der Waals surface area contributed by atoms with Crippen LogP contribution in [0.15, 0.2) is 22.7 Å². The van der Waals surface area contributed by atoms with Gasteiger partial charge in [0.25, 0.3) is 0 Å². The third-order valence-electron chi connectivity index (χ3n) is 3.09. The molecule has 1 aromatic carbocycles. The van der Waals surface area contributed by atoms with Crippen molar-refractivity contribution in [1.29, 1.82) is 5.26 Å². The van der Waals surface area contributed by atoms with E-state index >= 15 is 0 Å². The Morgan fingerprint density at radius 1 is 1.47 bits per heavy atom. The summed E-state index contributed by atoms with van der Waals surface area (Å²) in [5.74, 6) is 0.811. The van der Waals surface area contributed by atoms with Crippen LogP contribution >= 0.6 is 15.9 Å². The average molecular weight is 266 g/mol. The zero-order chi connectivity index (χ0) is 10.9. The van der Waals surface area contributed by atoms with Gasteiger partial charge in [-0.05, 0) is 31.4 Å². The van der Waals surface area contributed by atoms with Crippen molar-refractivity contribution in [3.63, 3.8) is 0 Å². The van der Waals surface area contributed by atoms with Crippen molar-refractivity contribution in [3.05, 3.63) is 28.2 Å². The van der Waals surface area contributed by atoms with Crippen LogP contribution in [0.2, 0.25) is 0 Å². The fourth-order valence-corrected chi connectivity index (χ4v) is 2.81. The average Bonchev–Trinajstić information content (AvgIpc) is 2.19. The second kappa shape index (κ2) is 3.86. The Labute approximate surface area is 98.0 Å². The summed E-state index contributed by atoms with van der Waals surface area (Å²) in [7, 11) is 1.65. The molecule has 1 saturated carbocycles. The maximum absolute atomic E-state index is 9.31. The van der Waals surface area contributed by atoms with Crippen LogP contribution in [0, 0.1) is 11.3 Å². The minimum absolute atomic E-state index is 0.328. The molecule has 1 aromatic rings. The number of hydrogen-bond donors (Lipinski definition) is 0. The van der Waals surface area contributed by atoms with Gasteiger partial charge in [0, 0.05) is 10.0 Å². The van der Waals surface area contributed by atoms with E-state index in [1.165, 1.54) is 0 Å². The van der Waals surface area contributed by atoms with Gasteiger partial charge in [0.15, 0.2) is 0 Å². The van der Waals surface area contributed by atoms with E-state index in [-0.39, 0.29) is 5.41 Å². The molecular formula is C12H12BrNO. The van der Waals surface area contributed by atoms with E-state index in [4.69, 9.17) is 4.74 Å². The second-order valence-corrected chi connectivity index (χ2v) is 4.72. The first-order valence-electron chi connectivity index (χ1n) is 4.98. The summed E-state index contributed by atoms with van der Waals surface area (Å²) in [6.07, 6.45) is 2.99. The van der Waals surface area contributed by atoms with E-state index in [1.54, 1.807) is 7.11 Å². The molecule has 0 N–H and O–H groups in total. The van der Waals surface area contributed by atoms with Gasteiger partial charge in [-0.1, -0.05) is 22.0 Å². The minimum Gasteiger partial charge on any atom is -0.496 e. The molecule has 2 nitrogen and oxygen atoms in total. The highest BCUT2D eigenvalue weighted by Gasteiger charge is 2.42. The number of rotatable bonds is 2. The van der Waals surface area contributed by atoms with Crippen molar-refractivity contribution in [2.45, 2.75) is 24.7 Å². The van der Waals surface area contributed by atoms with E-state index in [0.717, 1.165) is 35.0 Å². The predicted octanol–water partition coefficient (Wildman–Crippen LogP) is 3.40. The van der Waals surface area contributed by atoms with Gasteiger partial charge in [-0.3, -0.25) is 0 Å². The molecule has 3 heteroatoms. The van der Waals surface area contributed by atoms with Crippen molar-refractivity contribution in [2.24, 2.45) is 0 Å². The van der Waals surface area contributed by atoms with Gasteiger partial charge in [-0.25, -0.2) is 0 Å². The van der Waals surface area contributed by atoms with Crippen LogP contribution < -0.4 is 4.74 Å². The number of nitrogens with zero attached hydrogens (tertiary/aromatic N) is 1. The van der Waals surface area contributed by atoms with Crippen LogP contribution in [-0.2, 0) is 5.41 Å². The normalized spacial score (nSPS) is 17.7. The third kappa shape index (κ3) is 1.53. The first kappa shape index (κ1) is 10.5. The Balaban J connectivity index is 2.56. The van der Waals surface area contributed by atoms with Gasteiger partial charge < -0.3 is 4.74 Å². The number of halogens is 1. The van der Waals surface area contributed by atoms with Crippen LogP contribution in [0.4, 0.5) is 0 Å². The molecule has 78 valence electrons. The van der Waals surface area contributed by atoms with Crippen molar-refractivity contribution in [1.82, 2.24) is 0 Å². The zero-order valence-corrected chi connectivity index (χ0v) is 10.2. The fourth-order valence-electron chi connectivity index (χ4n) is 2.09. The molecule has 0 unspecified atom stereocenters. The van der Waals surface area contributed by atoms with Crippen molar-refractivity contribution < 1.29 is 4.74 Å². The molecule has 15 heavy (non-hydrogen) atoms. The molecule has 1 fully saturated rings. The third-order valence-corrected chi connectivity index (χ3v) is 3.76. The molecule has 0 heterocycles. The van der Waals surface area contributed by atoms with Crippen LogP contribution in [0.1, 0.15) is 24.8 Å². The van der Waals surface area contributed by atoms with Gasteiger partial charge in [0.05, 0.1) is 18.6 Å². The molecule has 0 bridgehead atoms. The van der Waals surface area contributed by atoms with Crippen molar-refractivity contribution in [3.8, 4) is 11.8 Å². The quantitative estimate of drug-likeness (QED) is 0.821. The summed E-state index contributed by atoms with van der Waals surface area (Å²) in [5.41, 5.74) is 0.687. The second-order valence-electron chi connectivity index (χ2n) is 3.86. The molecule has 0 aliphatic heterocycles. The highest BCUT2D eigenvalue weighted by Crippen LogP contribution is 2.49. The topological polar surface area (TPSA) is 33.0 Å². The molecule has 0 amide bonds. The van der Waals surface area contributed by atoms with Gasteiger partial charge in [-0.2, -0.15) is 5.26 Å². The summed E-state index contributed by atoms with van der Waals surface area (Å²) < 4.78 is 6.30. The molecule has 1 aliphatic carbocycles. The van der Waals surface area contributed by atoms with Crippen LogP contribution in [-0.4, -0.2) is 7.11 Å². The monoisotopic (exact) mass is 265 g/mol. The molecule has 0 saturated heterocycles. The summed E-state index contributed by atoms with van der Waals surface area (Å²) in [6, 6.07) is 8.25. The van der Waals surface area contributed by atoms with Crippen LogP contribution in [0.3, 0.4) is 0 Å². The van der Waals surface area contributed by atoms with Gasteiger partial charge in [0.2, 0.25) is 0 Å². The van der Waals surface area contributed by atoms with Gasteiger partial charge >= 0.3 is 0 Å². The highest BCUT2D eigenvalue weighted by atomic mass is 79.9. The molecule has 0 aromatic heterocycles. The standard InChI is InChI=1S/C12H12BrNO/c1-15-10-5-2-4-9(13)11(10)12(8-14)6-3-7-12/h2,4-5H,3,6-7H2,1H3. The van der Waals surface area contributed by atoms with E-state index in [2.05, 4.69) is 22.0 Å². The highest BCUT2D eigenvalue weighted by molar-refractivity contribution is 9.10. The maximum atomic E-state index is 9.31. The minimum atomic E-state index is -0.328. The Morgan fingerprint density at radius 2 is 2.20 bits per heavy atom. The number of methoxy groups -OCH3 is 1. The van der Waals surface area contributed by atoms with Crippen molar-refractivity contribution in [2.75, 3.05) is 7.11 Å². The lowest BCUT2D eigenvalue weighted by molar-refractivity contribution is 0.305. The summed E-state index contributed by atoms with van der Waals surface area (Å²) in [4.78, 5) is 0. The molecule has 2 rings (SSSR count). The molecule has 1 aliphatic rings. The van der Waals surface area contributed by atoms with Gasteiger partial charge in [0.1, 0.15) is 5.75 Å². The van der Waals surface area contributed by atoms with Crippen LogP contribution in [0.25, 0.3) is 0 Å². The van der Waals surface area contributed by atoms with E-state index < -0.39 is 0 Å². The number of ether oxygens (including phenoxy) is 1. The smallest absolute Gasteiger partial charge is 0.124 e. The predicted molar refractivity (Wildman–Crippen MR) is 61.8 cm³/mol. The molecule has 0 atom stereocenters. The number of benzene rings is 1. The Morgan fingerprint density at radius 3 is 2.67 bits per heavy atom. The van der Waals surface area contributed by atoms with E-state index in [1.807, 2.05) is 18.2 Å². The lowest BCUT2D eigenvalue weighted by Gasteiger charge is -2.37. The Hall–Kier alpha value is -1.01. The Bertz CT molecular complexity index is 418. The Kier molecular flexibility index (Phi) is 2.70. The lowest BCUT2D eigenvalue weighted by atomic mass is 9.65. The van der Waals surface area contributed by atoms with E-state index in [0.29, 0.717) is 0 Å². The zero-order valence-electron chi connectivity index (χ0n) is 8.59. The molecule has 0 spiro atoms. The van der Waals surface area contributed by atoms with Crippen molar-refractivity contribution >= 4 is 15.9 Å². The van der Waals surface area contributed by atoms with Gasteiger partial charge in [-0.15, -0.1) is 0 Å². The maximum Gasteiger partial charge on any atom is 0.124 e. The lowest BCUT2D eigenvalue weighted by Crippen LogP contribution is -2.33. The molecular weight excluding hydrogens is 254 g/mol. The first-order valence-corrected chi connectivity index (χ1v) is 5.77. The largest absolute Gasteiger partial charge is 0.496 e. The SMILES string of the molecule is COc1cccc(Br)c1C1(C#N)CCC1. The number of hydrogen-bond acceptors (Lipinski definition) is 2. The summed E-state index contributed by atoms with van der Waals surface area (Å²) >= 11 is 3.51. The summed E-state index contributed by atoms with van der Waals surface area (Å²) in [6.45, 7) is 0. The summed E-state index contributed by atoms with van der Waals surface area (Å²) in [5, 5.41) is 9.31. The van der Waals surface area contributed by atoms with Crippen LogP contribution in [0.5, 0.6) is 5.75 Å².